The van der Waals surface area contributed by atoms with E-state index in [1.54, 1.807) is 4.90 Å². The second kappa shape index (κ2) is 5.96. The highest BCUT2D eigenvalue weighted by molar-refractivity contribution is 5.68. The van der Waals surface area contributed by atoms with Crippen LogP contribution in [0, 0.1) is 0 Å². The molecule has 0 spiro atoms. The van der Waals surface area contributed by atoms with Crippen molar-refractivity contribution in [1.29, 1.82) is 0 Å². The Morgan fingerprint density at radius 1 is 1.24 bits per heavy atom. The standard InChI is InChI=1S/C17H25NO3/c1-12(2)20-15-7-6-14-11-18(9-8-13(14)10-15)16(19)21-17(3,4)5/h6-7,10,12H,8-9,11H2,1-5H3. The van der Waals surface area contributed by atoms with E-state index in [1.165, 1.54) is 11.1 Å². The van der Waals surface area contributed by atoms with Crippen molar-refractivity contribution in [2.75, 3.05) is 6.54 Å². The molecule has 0 saturated carbocycles. The Kier molecular flexibility index (Phi) is 4.45. The summed E-state index contributed by atoms with van der Waals surface area (Å²) in [6, 6.07) is 6.10. The van der Waals surface area contributed by atoms with Gasteiger partial charge in [-0.15, -0.1) is 0 Å². The highest BCUT2D eigenvalue weighted by Gasteiger charge is 2.25. The van der Waals surface area contributed by atoms with E-state index >= 15 is 0 Å². The van der Waals surface area contributed by atoms with Gasteiger partial charge in [-0.1, -0.05) is 6.07 Å². The highest BCUT2D eigenvalue weighted by Crippen LogP contribution is 2.25. The Labute approximate surface area is 127 Å². The molecule has 0 atom stereocenters. The summed E-state index contributed by atoms with van der Waals surface area (Å²) in [5, 5.41) is 0. The molecule has 1 heterocycles. The third-order valence-electron chi connectivity index (χ3n) is 3.21. The van der Waals surface area contributed by atoms with Gasteiger partial charge in [0, 0.05) is 13.1 Å². The zero-order chi connectivity index (χ0) is 15.6. The van der Waals surface area contributed by atoms with E-state index in [9.17, 15) is 4.79 Å². The van der Waals surface area contributed by atoms with Crippen molar-refractivity contribution in [3.8, 4) is 5.75 Å². The molecular weight excluding hydrogens is 266 g/mol. The lowest BCUT2D eigenvalue weighted by Gasteiger charge is -2.31. The summed E-state index contributed by atoms with van der Waals surface area (Å²) in [5.41, 5.74) is 1.97. The van der Waals surface area contributed by atoms with Crippen molar-refractivity contribution in [3.05, 3.63) is 29.3 Å². The largest absolute Gasteiger partial charge is 0.491 e. The van der Waals surface area contributed by atoms with E-state index in [4.69, 9.17) is 9.47 Å². The minimum absolute atomic E-state index is 0.171. The minimum Gasteiger partial charge on any atom is -0.491 e. The number of amides is 1. The number of hydrogen-bond donors (Lipinski definition) is 0. The smallest absolute Gasteiger partial charge is 0.410 e. The molecule has 1 aromatic rings. The van der Waals surface area contributed by atoms with Crippen LogP contribution in [0.4, 0.5) is 4.79 Å². The summed E-state index contributed by atoms with van der Waals surface area (Å²) in [6.07, 6.45) is 0.768. The SMILES string of the molecule is CC(C)Oc1ccc2c(c1)CCN(C(=O)OC(C)(C)C)C2. The van der Waals surface area contributed by atoms with Gasteiger partial charge in [-0.3, -0.25) is 0 Å². The molecule has 1 aromatic carbocycles. The van der Waals surface area contributed by atoms with Crippen molar-refractivity contribution in [1.82, 2.24) is 4.90 Å². The predicted molar refractivity (Wildman–Crippen MR) is 82.6 cm³/mol. The van der Waals surface area contributed by atoms with E-state index in [-0.39, 0.29) is 12.2 Å². The first kappa shape index (κ1) is 15.7. The van der Waals surface area contributed by atoms with Crippen LogP contribution in [0.1, 0.15) is 45.7 Å². The molecule has 0 unspecified atom stereocenters. The quantitative estimate of drug-likeness (QED) is 0.832. The number of benzene rings is 1. The maximum absolute atomic E-state index is 12.1. The van der Waals surface area contributed by atoms with Gasteiger partial charge in [0.1, 0.15) is 11.4 Å². The average Bonchev–Trinajstić information content (AvgIpc) is 2.35. The molecule has 0 radical (unpaired) electrons. The van der Waals surface area contributed by atoms with Crippen molar-refractivity contribution >= 4 is 6.09 Å². The number of hydrogen-bond acceptors (Lipinski definition) is 3. The number of fused-ring (bicyclic) bond motifs is 1. The van der Waals surface area contributed by atoms with Gasteiger partial charge < -0.3 is 14.4 Å². The summed E-state index contributed by atoms with van der Waals surface area (Å²) in [7, 11) is 0. The van der Waals surface area contributed by atoms with Gasteiger partial charge in [0.05, 0.1) is 6.10 Å². The van der Waals surface area contributed by atoms with Gasteiger partial charge in [0.25, 0.3) is 0 Å². The second-order valence-electron chi connectivity index (χ2n) is 6.75. The number of carbonyl (C=O) groups is 1. The lowest BCUT2D eigenvalue weighted by molar-refractivity contribution is 0.0224. The van der Waals surface area contributed by atoms with Gasteiger partial charge in [-0.2, -0.15) is 0 Å². The van der Waals surface area contributed by atoms with Crippen LogP contribution in [0.2, 0.25) is 0 Å². The van der Waals surface area contributed by atoms with Gasteiger partial charge in [0.2, 0.25) is 0 Å². The Hall–Kier alpha value is -1.71. The normalized spacial score (nSPS) is 14.9. The van der Waals surface area contributed by atoms with Crippen LogP contribution in [0.25, 0.3) is 0 Å². The van der Waals surface area contributed by atoms with Crippen LogP contribution in [0.3, 0.4) is 0 Å². The Balaban J connectivity index is 2.06. The average molecular weight is 291 g/mol. The lowest BCUT2D eigenvalue weighted by atomic mass is 10.00. The molecule has 2 rings (SSSR count). The molecule has 0 fully saturated rings. The second-order valence-corrected chi connectivity index (χ2v) is 6.75. The monoisotopic (exact) mass is 291 g/mol. The van der Waals surface area contributed by atoms with Gasteiger partial charge in [0.15, 0.2) is 0 Å². The molecule has 0 N–H and O–H groups in total. The van der Waals surface area contributed by atoms with Gasteiger partial charge in [-0.05, 0) is 64.3 Å². The lowest BCUT2D eigenvalue weighted by Crippen LogP contribution is -2.39. The zero-order valence-corrected chi connectivity index (χ0v) is 13.6. The van der Waals surface area contributed by atoms with Gasteiger partial charge in [-0.25, -0.2) is 4.79 Å². The first-order valence-electron chi connectivity index (χ1n) is 7.51. The van der Waals surface area contributed by atoms with Crippen LogP contribution in [0.15, 0.2) is 18.2 Å². The third kappa shape index (κ3) is 4.38. The number of ether oxygens (including phenoxy) is 2. The van der Waals surface area contributed by atoms with Gasteiger partial charge >= 0.3 is 6.09 Å². The minimum atomic E-state index is -0.452. The van der Waals surface area contributed by atoms with Crippen molar-refractivity contribution in [2.45, 2.75) is 59.3 Å². The number of rotatable bonds is 2. The first-order chi connectivity index (χ1) is 9.74. The molecule has 1 amide bonds. The van der Waals surface area contributed by atoms with Crippen LogP contribution < -0.4 is 4.74 Å². The summed E-state index contributed by atoms with van der Waals surface area (Å²) in [6.45, 7) is 11.0. The maximum atomic E-state index is 12.1. The van der Waals surface area contributed by atoms with E-state index in [0.717, 1.165) is 12.2 Å². The van der Waals surface area contributed by atoms with Crippen molar-refractivity contribution in [3.63, 3.8) is 0 Å². The summed E-state index contributed by atoms with van der Waals surface area (Å²) in [5.74, 6) is 0.898. The molecule has 0 saturated heterocycles. The van der Waals surface area contributed by atoms with Crippen LogP contribution in [0.5, 0.6) is 5.75 Å². The molecule has 0 aromatic heterocycles. The van der Waals surface area contributed by atoms with Crippen molar-refractivity contribution in [2.24, 2.45) is 0 Å². The Bertz CT molecular complexity index is 517. The summed E-state index contributed by atoms with van der Waals surface area (Å²) < 4.78 is 11.1. The summed E-state index contributed by atoms with van der Waals surface area (Å²) >= 11 is 0. The fourth-order valence-electron chi connectivity index (χ4n) is 2.36. The number of nitrogens with zero attached hydrogens (tertiary/aromatic N) is 1. The maximum Gasteiger partial charge on any atom is 0.410 e. The predicted octanol–water partition coefficient (Wildman–Crippen LogP) is 3.77. The summed E-state index contributed by atoms with van der Waals surface area (Å²) in [4.78, 5) is 13.9. The molecule has 4 heteroatoms. The first-order valence-corrected chi connectivity index (χ1v) is 7.51. The van der Waals surface area contributed by atoms with Crippen LogP contribution >= 0.6 is 0 Å². The molecule has 1 aliphatic rings. The number of carbonyl (C=O) groups excluding carboxylic acids is 1. The Morgan fingerprint density at radius 3 is 2.57 bits per heavy atom. The molecule has 0 aliphatic carbocycles. The molecule has 0 bridgehead atoms. The topological polar surface area (TPSA) is 38.8 Å². The molecular formula is C17H25NO3. The fraction of sp³-hybridized carbons (Fsp3) is 0.588. The van der Waals surface area contributed by atoms with Crippen molar-refractivity contribution < 1.29 is 14.3 Å². The molecule has 21 heavy (non-hydrogen) atoms. The van der Waals surface area contributed by atoms with E-state index < -0.39 is 5.60 Å². The molecule has 116 valence electrons. The fourth-order valence-corrected chi connectivity index (χ4v) is 2.36. The van der Waals surface area contributed by atoms with E-state index in [0.29, 0.717) is 13.1 Å². The van der Waals surface area contributed by atoms with Crippen LogP contribution in [-0.4, -0.2) is 29.2 Å². The molecule has 1 aliphatic heterocycles. The highest BCUT2D eigenvalue weighted by atomic mass is 16.6. The van der Waals surface area contributed by atoms with E-state index in [2.05, 4.69) is 6.07 Å². The molecule has 4 nitrogen and oxygen atoms in total. The van der Waals surface area contributed by atoms with Crippen LogP contribution in [-0.2, 0) is 17.7 Å². The Morgan fingerprint density at radius 2 is 1.95 bits per heavy atom. The zero-order valence-electron chi connectivity index (χ0n) is 13.6. The third-order valence-corrected chi connectivity index (χ3v) is 3.21. The van der Waals surface area contributed by atoms with E-state index in [1.807, 2.05) is 46.8 Å².